The van der Waals surface area contributed by atoms with Gasteiger partial charge in [0.25, 0.3) is 0 Å². The fourth-order valence-electron chi connectivity index (χ4n) is 1.34. The topological polar surface area (TPSA) is 92.9 Å². The molecule has 98 valence electrons. The Morgan fingerprint density at radius 3 is 2.50 bits per heavy atom. The Morgan fingerprint density at radius 1 is 1.28 bits per heavy atom. The molecule has 0 spiro atoms. The van der Waals surface area contributed by atoms with Crippen molar-refractivity contribution < 1.29 is 19.5 Å². The fourth-order valence-corrected chi connectivity index (χ4v) is 1.34. The summed E-state index contributed by atoms with van der Waals surface area (Å²) in [7, 11) is 0. The van der Waals surface area contributed by atoms with Crippen LogP contribution in [0.1, 0.15) is 18.4 Å². The van der Waals surface area contributed by atoms with E-state index >= 15 is 0 Å². The number of hydrogen-bond donors (Lipinski definition) is 2. The molecule has 0 unspecified atom stereocenters. The number of nitrogens with two attached hydrogens (primary N) is 1. The van der Waals surface area contributed by atoms with Gasteiger partial charge in [-0.1, -0.05) is 30.3 Å². The van der Waals surface area contributed by atoms with Gasteiger partial charge in [-0.05, 0) is 12.0 Å². The van der Waals surface area contributed by atoms with E-state index in [9.17, 15) is 9.59 Å². The summed E-state index contributed by atoms with van der Waals surface area (Å²) in [4.78, 5) is 26.7. The van der Waals surface area contributed by atoms with Crippen molar-refractivity contribution in [3.05, 3.63) is 35.9 Å². The highest BCUT2D eigenvalue weighted by Gasteiger charge is 2.11. The average molecular weight is 252 g/mol. The SMILES string of the molecule is NC(=O)N(CCCC(=O)O)OCc1ccccc1. The van der Waals surface area contributed by atoms with Gasteiger partial charge in [-0.25, -0.2) is 9.86 Å². The number of benzene rings is 1. The summed E-state index contributed by atoms with van der Waals surface area (Å²) in [5, 5.41) is 9.48. The van der Waals surface area contributed by atoms with Crippen LogP contribution >= 0.6 is 0 Å². The van der Waals surface area contributed by atoms with Gasteiger partial charge in [0.1, 0.15) is 6.61 Å². The number of hydroxylamine groups is 2. The first-order valence-corrected chi connectivity index (χ1v) is 5.55. The van der Waals surface area contributed by atoms with Crippen LogP contribution in [-0.2, 0) is 16.2 Å². The maximum atomic E-state index is 11.1. The maximum Gasteiger partial charge on any atom is 0.338 e. The molecule has 6 nitrogen and oxygen atoms in total. The molecule has 0 aromatic heterocycles. The number of carboxylic acid groups (broad SMARTS) is 1. The van der Waals surface area contributed by atoms with Gasteiger partial charge in [0.05, 0.1) is 6.54 Å². The molecule has 0 aliphatic carbocycles. The third kappa shape index (κ3) is 5.31. The molecule has 0 heterocycles. The number of hydrogen-bond acceptors (Lipinski definition) is 3. The fraction of sp³-hybridized carbons (Fsp3) is 0.333. The van der Waals surface area contributed by atoms with Crippen LogP contribution in [0, 0.1) is 0 Å². The first kappa shape index (κ1) is 14.0. The van der Waals surface area contributed by atoms with Crippen LogP contribution in [0.4, 0.5) is 4.79 Å². The van der Waals surface area contributed by atoms with Gasteiger partial charge in [0.15, 0.2) is 0 Å². The zero-order valence-corrected chi connectivity index (χ0v) is 9.91. The molecule has 3 N–H and O–H groups in total. The monoisotopic (exact) mass is 252 g/mol. The van der Waals surface area contributed by atoms with E-state index in [1.54, 1.807) is 0 Å². The average Bonchev–Trinajstić information content (AvgIpc) is 2.34. The molecule has 0 radical (unpaired) electrons. The third-order valence-corrected chi connectivity index (χ3v) is 2.23. The van der Waals surface area contributed by atoms with Crippen LogP contribution < -0.4 is 5.73 Å². The predicted molar refractivity (Wildman–Crippen MR) is 64.4 cm³/mol. The van der Waals surface area contributed by atoms with Gasteiger partial charge in [-0.3, -0.25) is 9.63 Å². The molecule has 0 aliphatic heterocycles. The van der Waals surface area contributed by atoms with Crippen LogP contribution in [0.15, 0.2) is 30.3 Å². The number of rotatable bonds is 7. The lowest BCUT2D eigenvalue weighted by Crippen LogP contribution is -2.36. The van der Waals surface area contributed by atoms with Gasteiger partial charge in [-0.2, -0.15) is 0 Å². The minimum absolute atomic E-state index is 0.0293. The number of carbonyl (C=O) groups excluding carboxylic acids is 1. The molecule has 0 saturated carbocycles. The number of aliphatic carboxylic acids is 1. The standard InChI is InChI=1S/C12H16N2O4/c13-12(17)14(8-4-7-11(15)16)18-9-10-5-2-1-3-6-10/h1-3,5-6H,4,7-9H2,(H2,13,17)(H,15,16). The van der Waals surface area contributed by atoms with Crippen molar-refractivity contribution >= 4 is 12.0 Å². The van der Waals surface area contributed by atoms with Gasteiger partial charge < -0.3 is 10.8 Å². The second-order valence-corrected chi connectivity index (χ2v) is 3.70. The van der Waals surface area contributed by atoms with Crippen molar-refractivity contribution in [1.82, 2.24) is 5.06 Å². The smallest absolute Gasteiger partial charge is 0.338 e. The van der Waals surface area contributed by atoms with Crippen LogP contribution in [0.25, 0.3) is 0 Å². The zero-order chi connectivity index (χ0) is 13.4. The molecule has 0 fully saturated rings. The molecular weight excluding hydrogens is 236 g/mol. The second-order valence-electron chi connectivity index (χ2n) is 3.70. The van der Waals surface area contributed by atoms with Crippen molar-refractivity contribution in [2.75, 3.05) is 6.54 Å². The number of urea groups is 1. The Labute approximate surface area is 105 Å². The van der Waals surface area contributed by atoms with Crippen molar-refractivity contribution in [3.8, 4) is 0 Å². The lowest BCUT2D eigenvalue weighted by molar-refractivity contribution is -0.140. The Kier molecular flexibility index (Phi) is 5.66. The number of primary amides is 1. The van der Waals surface area contributed by atoms with E-state index in [2.05, 4.69) is 0 Å². The first-order chi connectivity index (χ1) is 8.59. The summed E-state index contributed by atoms with van der Waals surface area (Å²) in [6.07, 6.45) is 0.269. The Morgan fingerprint density at radius 2 is 1.94 bits per heavy atom. The molecule has 0 atom stereocenters. The van der Waals surface area contributed by atoms with Crippen LogP contribution in [0.3, 0.4) is 0 Å². The number of nitrogens with zero attached hydrogens (tertiary/aromatic N) is 1. The van der Waals surface area contributed by atoms with Gasteiger partial charge in [-0.15, -0.1) is 0 Å². The van der Waals surface area contributed by atoms with Crippen molar-refractivity contribution in [2.24, 2.45) is 5.73 Å². The molecule has 1 aromatic rings. The van der Waals surface area contributed by atoms with Gasteiger partial charge in [0.2, 0.25) is 0 Å². The molecule has 6 heteroatoms. The van der Waals surface area contributed by atoms with E-state index in [0.29, 0.717) is 6.42 Å². The van der Waals surface area contributed by atoms with E-state index in [4.69, 9.17) is 15.7 Å². The van der Waals surface area contributed by atoms with Crippen molar-refractivity contribution in [3.63, 3.8) is 0 Å². The van der Waals surface area contributed by atoms with Gasteiger partial charge >= 0.3 is 12.0 Å². The summed E-state index contributed by atoms with van der Waals surface area (Å²) in [5.74, 6) is -0.914. The summed E-state index contributed by atoms with van der Waals surface area (Å²) in [5.41, 5.74) is 6.04. The van der Waals surface area contributed by atoms with Gasteiger partial charge in [0, 0.05) is 6.42 Å². The highest BCUT2D eigenvalue weighted by atomic mass is 16.7. The summed E-state index contributed by atoms with van der Waals surface area (Å²) >= 11 is 0. The van der Waals surface area contributed by atoms with E-state index in [1.165, 1.54) is 0 Å². The molecule has 0 bridgehead atoms. The molecule has 1 aromatic carbocycles. The van der Waals surface area contributed by atoms with Crippen LogP contribution in [0.2, 0.25) is 0 Å². The minimum atomic E-state index is -0.914. The van der Waals surface area contributed by atoms with Crippen LogP contribution in [0.5, 0.6) is 0 Å². The summed E-state index contributed by atoms with van der Waals surface area (Å²) < 4.78 is 0. The van der Waals surface area contributed by atoms with E-state index < -0.39 is 12.0 Å². The van der Waals surface area contributed by atoms with E-state index in [0.717, 1.165) is 10.6 Å². The molecule has 0 saturated heterocycles. The maximum absolute atomic E-state index is 11.1. The second kappa shape index (κ2) is 7.29. The number of carboxylic acids is 1. The number of carbonyl (C=O) groups is 2. The Balaban J connectivity index is 2.38. The largest absolute Gasteiger partial charge is 0.481 e. The normalized spacial score (nSPS) is 10.0. The summed E-state index contributed by atoms with van der Waals surface area (Å²) in [6.45, 7) is 0.380. The Hall–Kier alpha value is -2.08. The number of amides is 2. The lowest BCUT2D eigenvalue weighted by atomic mass is 10.2. The minimum Gasteiger partial charge on any atom is -0.481 e. The highest BCUT2D eigenvalue weighted by molar-refractivity contribution is 5.71. The quantitative estimate of drug-likeness (QED) is 0.716. The highest BCUT2D eigenvalue weighted by Crippen LogP contribution is 2.04. The summed E-state index contributed by atoms with van der Waals surface area (Å²) in [6, 6.07) is 8.58. The third-order valence-electron chi connectivity index (χ3n) is 2.23. The lowest BCUT2D eigenvalue weighted by Gasteiger charge is -2.19. The molecular formula is C12H16N2O4. The van der Waals surface area contributed by atoms with E-state index in [-0.39, 0.29) is 19.6 Å². The molecule has 18 heavy (non-hydrogen) atoms. The van der Waals surface area contributed by atoms with E-state index in [1.807, 2.05) is 30.3 Å². The molecule has 2 amide bonds. The van der Waals surface area contributed by atoms with Crippen LogP contribution in [-0.4, -0.2) is 28.7 Å². The molecule has 0 aliphatic rings. The van der Waals surface area contributed by atoms with Crippen molar-refractivity contribution in [2.45, 2.75) is 19.4 Å². The zero-order valence-electron chi connectivity index (χ0n) is 9.91. The molecule has 1 rings (SSSR count). The Bertz CT molecular complexity index is 394. The first-order valence-electron chi connectivity index (χ1n) is 5.55. The van der Waals surface area contributed by atoms with Crippen molar-refractivity contribution in [1.29, 1.82) is 0 Å². The predicted octanol–water partition coefficient (Wildman–Crippen LogP) is 1.36.